The summed E-state index contributed by atoms with van der Waals surface area (Å²) in [5, 5.41) is 11.4. The molecule has 1 saturated carbocycles. The van der Waals surface area contributed by atoms with Crippen LogP contribution in [0.1, 0.15) is 69.1 Å². The minimum absolute atomic E-state index is 0.0124. The summed E-state index contributed by atoms with van der Waals surface area (Å²) in [5.41, 5.74) is 22.6. The number of unbranched alkanes of at least 4 members (excludes halogenated alkanes) is 1. The highest BCUT2D eigenvalue weighted by Gasteiger charge is 2.29. The lowest BCUT2D eigenvalue weighted by Gasteiger charge is -2.17. The van der Waals surface area contributed by atoms with E-state index in [0.717, 1.165) is 60.7 Å². The minimum Gasteiger partial charge on any atom is -0.404 e. The van der Waals surface area contributed by atoms with Gasteiger partial charge in [0.05, 0.1) is 0 Å². The summed E-state index contributed by atoms with van der Waals surface area (Å²) < 4.78 is 0. The van der Waals surface area contributed by atoms with Crippen LogP contribution in [-0.2, 0) is 9.59 Å². The molecule has 0 radical (unpaired) electrons. The zero-order valence-corrected chi connectivity index (χ0v) is 22.8. The van der Waals surface area contributed by atoms with Gasteiger partial charge in [0, 0.05) is 48.3 Å². The van der Waals surface area contributed by atoms with Crippen molar-refractivity contribution in [2.75, 3.05) is 17.7 Å². The number of aryl methyl sites for hydroxylation is 1. The molecule has 0 unspecified atom stereocenters. The Morgan fingerprint density at radius 2 is 1.95 bits per heavy atom. The number of nitrogens with zero attached hydrogens (tertiary/aromatic N) is 1. The lowest BCUT2D eigenvalue weighted by molar-refractivity contribution is -0.117. The molecule has 0 bridgehead atoms. The van der Waals surface area contributed by atoms with Gasteiger partial charge in [0.1, 0.15) is 12.1 Å². The number of allylic oxidation sites excluding steroid dienone is 2. The second-order valence-electron chi connectivity index (χ2n) is 10.1. The molecule has 8 heteroatoms. The van der Waals surface area contributed by atoms with Crippen molar-refractivity contribution >= 4 is 35.0 Å². The third-order valence-corrected chi connectivity index (χ3v) is 6.68. The van der Waals surface area contributed by atoms with E-state index in [4.69, 9.17) is 22.3 Å². The summed E-state index contributed by atoms with van der Waals surface area (Å²) >= 11 is 0. The molecule has 206 valence electrons. The molecular formula is C30H43N5O3. The molecule has 8 nitrogen and oxygen atoms in total. The normalized spacial score (nSPS) is 14.4. The Hall–Kier alpha value is -3.65. The van der Waals surface area contributed by atoms with Gasteiger partial charge in [0.2, 0.25) is 5.91 Å². The van der Waals surface area contributed by atoms with Crippen LogP contribution >= 0.6 is 0 Å². The average Bonchev–Trinajstić information content (AvgIpc) is 3.74. The van der Waals surface area contributed by atoms with Crippen LogP contribution in [0.15, 0.2) is 48.8 Å². The molecule has 1 aromatic heterocycles. The highest BCUT2D eigenvalue weighted by molar-refractivity contribution is 5.94. The van der Waals surface area contributed by atoms with Crippen LogP contribution in [0.3, 0.4) is 0 Å². The van der Waals surface area contributed by atoms with E-state index >= 15 is 0 Å². The first-order valence-corrected chi connectivity index (χ1v) is 13.3. The zero-order valence-electron chi connectivity index (χ0n) is 22.8. The number of carbonyl (C=O) groups excluding carboxylic acids is 2. The van der Waals surface area contributed by atoms with Crippen molar-refractivity contribution < 1.29 is 14.7 Å². The molecule has 8 N–H and O–H groups in total. The van der Waals surface area contributed by atoms with Gasteiger partial charge in [-0.2, -0.15) is 0 Å². The smallest absolute Gasteiger partial charge is 0.228 e. The van der Waals surface area contributed by atoms with E-state index in [-0.39, 0.29) is 18.4 Å². The van der Waals surface area contributed by atoms with E-state index in [2.05, 4.69) is 24.1 Å². The maximum atomic E-state index is 11.9. The van der Waals surface area contributed by atoms with E-state index in [1.54, 1.807) is 18.3 Å². The topological polar surface area (TPSA) is 157 Å². The summed E-state index contributed by atoms with van der Waals surface area (Å²) in [7, 11) is 0. The van der Waals surface area contributed by atoms with Crippen molar-refractivity contribution in [2.24, 2.45) is 29.2 Å². The summed E-state index contributed by atoms with van der Waals surface area (Å²) in [6, 6.07) is 9.21. The van der Waals surface area contributed by atoms with Gasteiger partial charge in [-0.3, -0.25) is 4.79 Å². The molecule has 1 heterocycles. The molecule has 1 aromatic carbocycles. The molecule has 3 rings (SSSR count). The number of amides is 1. The Morgan fingerprint density at radius 3 is 2.55 bits per heavy atom. The van der Waals surface area contributed by atoms with Gasteiger partial charge in [-0.25, -0.2) is 4.98 Å². The number of anilines is 2. The van der Waals surface area contributed by atoms with Gasteiger partial charge in [-0.15, -0.1) is 0 Å². The summed E-state index contributed by atoms with van der Waals surface area (Å²) in [4.78, 5) is 26.4. The number of aldehydes is 1. The van der Waals surface area contributed by atoms with Crippen molar-refractivity contribution in [1.29, 1.82) is 0 Å². The summed E-state index contributed by atoms with van der Waals surface area (Å²) in [5.74, 6) is 1.72. The minimum atomic E-state index is 0.0124. The first-order chi connectivity index (χ1) is 18.2. The molecular weight excluding hydrogens is 478 g/mol. The molecule has 1 amide bonds. The maximum Gasteiger partial charge on any atom is 0.228 e. The number of pyridine rings is 1. The fourth-order valence-corrected chi connectivity index (χ4v) is 4.04. The van der Waals surface area contributed by atoms with Crippen LogP contribution in [0, 0.1) is 24.7 Å². The van der Waals surface area contributed by atoms with Crippen molar-refractivity contribution in [3.8, 4) is 0 Å². The SMILES string of the molecule is CC(C)[C@H](CC=O)CCCCO.Cc1ccc(N)cc1/C(N)=C/C(=C\N)c1ccnc(NC(=O)C2CC2)c1. The van der Waals surface area contributed by atoms with Crippen molar-refractivity contribution in [1.82, 2.24) is 4.98 Å². The number of carbonyl (C=O) groups is 2. The predicted molar refractivity (Wildman–Crippen MR) is 155 cm³/mol. The third kappa shape index (κ3) is 10.0. The molecule has 2 aromatic rings. The van der Waals surface area contributed by atoms with E-state index in [1.165, 1.54) is 6.20 Å². The molecule has 38 heavy (non-hydrogen) atoms. The fourth-order valence-electron chi connectivity index (χ4n) is 4.04. The highest BCUT2D eigenvalue weighted by atomic mass is 16.3. The van der Waals surface area contributed by atoms with Crippen LogP contribution in [0.5, 0.6) is 0 Å². The van der Waals surface area contributed by atoms with Gasteiger partial charge in [0.15, 0.2) is 0 Å². The molecule has 1 fully saturated rings. The number of aliphatic hydroxyl groups is 1. The molecule has 0 aliphatic heterocycles. The molecule has 0 saturated heterocycles. The molecule has 1 atom stereocenters. The van der Waals surface area contributed by atoms with Gasteiger partial charge in [0.25, 0.3) is 0 Å². The monoisotopic (exact) mass is 521 g/mol. The van der Waals surface area contributed by atoms with Crippen LogP contribution in [0.25, 0.3) is 11.3 Å². The molecule has 0 spiro atoms. The van der Waals surface area contributed by atoms with Crippen molar-refractivity contribution in [3.63, 3.8) is 0 Å². The lowest BCUT2D eigenvalue weighted by Crippen LogP contribution is -2.14. The largest absolute Gasteiger partial charge is 0.404 e. The molecule has 1 aliphatic carbocycles. The number of hydrogen-bond acceptors (Lipinski definition) is 7. The van der Waals surface area contributed by atoms with Gasteiger partial charge in [-0.1, -0.05) is 26.3 Å². The Balaban J connectivity index is 0.000000358. The highest BCUT2D eigenvalue weighted by Crippen LogP contribution is 2.30. The van der Waals surface area contributed by atoms with Crippen molar-refractivity contribution in [2.45, 2.75) is 59.3 Å². The maximum absolute atomic E-state index is 11.9. The van der Waals surface area contributed by atoms with Gasteiger partial charge < -0.3 is 32.4 Å². The number of aliphatic hydroxyl groups excluding tert-OH is 1. The fraction of sp³-hybridized carbons (Fsp3) is 0.433. The number of hydrogen-bond donors (Lipinski definition) is 5. The third-order valence-electron chi connectivity index (χ3n) is 6.68. The number of nitrogens with one attached hydrogen (secondary N) is 1. The van der Waals surface area contributed by atoms with Gasteiger partial charge in [-0.05, 0) is 91.5 Å². The van der Waals surface area contributed by atoms with E-state index in [9.17, 15) is 9.59 Å². The van der Waals surface area contributed by atoms with E-state index in [1.807, 2.05) is 31.2 Å². The second-order valence-corrected chi connectivity index (χ2v) is 10.1. The van der Waals surface area contributed by atoms with Crippen LogP contribution in [0.4, 0.5) is 11.5 Å². The first kappa shape index (κ1) is 30.6. The Labute approximate surface area is 226 Å². The first-order valence-electron chi connectivity index (χ1n) is 13.3. The molecule has 1 aliphatic rings. The average molecular weight is 522 g/mol. The van der Waals surface area contributed by atoms with Crippen LogP contribution in [0.2, 0.25) is 0 Å². The lowest BCUT2D eigenvalue weighted by atomic mass is 9.88. The summed E-state index contributed by atoms with van der Waals surface area (Å²) in [6.07, 6.45) is 11.4. The zero-order chi connectivity index (χ0) is 28.1. The number of nitrogen functional groups attached to an aromatic ring is 1. The summed E-state index contributed by atoms with van der Waals surface area (Å²) in [6.45, 7) is 6.53. The Bertz CT molecular complexity index is 1120. The number of rotatable bonds is 12. The van der Waals surface area contributed by atoms with E-state index in [0.29, 0.717) is 35.5 Å². The number of aromatic nitrogens is 1. The number of nitrogens with two attached hydrogens (primary N) is 3. The Morgan fingerprint density at radius 1 is 1.21 bits per heavy atom. The Kier molecular flexibility index (Phi) is 12.5. The van der Waals surface area contributed by atoms with Crippen LogP contribution < -0.4 is 22.5 Å². The standard InChI is InChI=1S/C20H23N5O.C10H20O2/c1-12-2-5-16(22)10-17(12)18(23)8-15(11-21)14-6-7-24-19(9-14)25-20(26)13-3-4-13;1-9(2)10(6-8-12)5-3-4-7-11/h2,5-11,13H,3-4,21-23H2,1H3,(H,24,25,26);8-11H,3-7H2,1-2H3/b15-11+,18-8-;/t;10-/m.0/s1. The quantitative estimate of drug-likeness (QED) is 0.118. The van der Waals surface area contributed by atoms with E-state index < -0.39 is 0 Å². The number of benzene rings is 1. The second kappa shape index (κ2) is 15.6. The van der Waals surface area contributed by atoms with Crippen molar-refractivity contribution in [3.05, 3.63) is 65.5 Å². The van der Waals surface area contributed by atoms with Crippen LogP contribution in [-0.4, -0.2) is 28.9 Å². The van der Waals surface area contributed by atoms with Gasteiger partial charge >= 0.3 is 0 Å². The predicted octanol–water partition coefficient (Wildman–Crippen LogP) is 4.63.